The summed E-state index contributed by atoms with van der Waals surface area (Å²) in [6, 6.07) is 17.8. The van der Waals surface area contributed by atoms with Crippen molar-refractivity contribution in [1.29, 1.82) is 0 Å². The van der Waals surface area contributed by atoms with Crippen molar-refractivity contribution in [3.63, 3.8) is 0 Å². The van der Waals surface area contributed by atoms with Crippen molar-refractivity contribution < 1.29 is 22.7 Å². The summed E-state index contributed by atoms with van der Waals surface area (Å²) in [7, 11) is -3.90. The fraction of sp³-hybridized carbons (Fsp3) is 0.200. The van der Waals surface area contributed by atoms with E-state index in [0.29, 0.717) is 28.4 Å². The Morgan fingerprint density at radius 1 is 1.09 bits per heavy atom. The molecule has 176 valence electrons. The molecule has 0 fully saturated rings. The number of benzene rings is 3. The van der Waals surface area contributed by atoms with Crippen LogP contribution in [-0.4, -0.2) is 32.9 Å². The predicted molar refractivity (Wildman–Crippen MR) is 131 cm³/mol. The average Bonchev–Trinajstić information content (AvgIpc) is 3.17. The van der Waals surface area contributed by atoms with E-state index in [-0.39, 0.29) is 16.5 Å². The molecule has 34 heavy (non-hydrogen) atoms. The largest absolute Gasteiger partial charge is 0.452 e. The van der Waals surface area contributed by atoms with E-state index in [1.807, 2.05) is 19.1 Å². The van der Waals surface area contributed by atoms with Crippen LogP contribution in [0.1, 0.15) is 28.4 Å². The molecule has 1 amide bonds. The van der Waals surface area contributed by atoms with Crippen molar-refractivity contribution in [2.75, 3.05) is 16.2 Å². The van der Waals surface area contributed by atoms with E-state index in [9.17, 15) is 18.0 Å². The molecule has 1 aliphatic heterocycles. The van der Waals surface area contributed by atoms with Crippen LogP contribution in [0.25, 0.3) is 0 Å². The minimum absolute atomic E-state index is 0.0236. The third kappa shape index (κ3) is 4.64. The van der Waals surface area contributed by atoms with Gasteiger partial charge in [-0.2, -0.15) is 0 Å². The minimum Gasteiger partial charge on any atom is -0.452 e. The van der Waals surface area contributed by atoms with Crippen LogP contribution in [0.2, 0.25) is 5.02 Å². The summed E-state index contributed by atoms with van der Waals surface area (Å²) in [4.78, 5) is 24.8. The highest BCUT2D eigenvalue weighted by Gasteiger charge is 2.36. The average molecular weight is 499 g/mol. The Kier molecular flexibility index (Phi) is 6.63. The minimum atomic E-state index is -3.90. The van der Waals surface area contributed by atoms with Crippen molar-refractivity contribution in [2.45, 2.75) is 31.2 Å². The number of fused-ring (bicyclic) bond motifs is 1. The summed E-state index contributed by atoms with van der Waals surface area (Å²) in [5, 5.41) is 3.14. The molecule has 1 N–H and O–H groups in total. The Morgan fingerprint density at radius 2 is 1.82 bits per heavy atom. The number of hydrogen-bond donors (Lipinski definition) is 1. The van der Waals surface area contributed by atoms with E-state index in [4.69, 9.17) is 16.3 Å². The number of anilines is 2. The maximum Gasteiger partial charge on any atom is 0.338 e. The molecule has 0 aliphatic carbocycles. The van der Waals surface area contributed by atoms with Gasteiger partial charge in [-0.15, -0.1) is 0 Å². The van der Waals surface area contributed by atoms with Gasteiger partial charge in [0.25, 0.3) is 15.9 Å². The van der Waals surface area contributed by atoms with Crippen LogP contribution in [0.3, 0.4) is 0 Å². The summed E-state index contributed by atoms with van der Waals surface area (Å²) in [6.07, 6.45) is 0.609. The first kappa shape index (κ1) is 23.8. The Morgan fingerprint density at radius 3 is 2.62 bits per heavy atom. The second kappa shape index (κ2) is 9.48. The van der Waals surface area contributed by atoms with Gasteiger partial charge >= 0.3 is 5.97 Å². The molecule has 0 saturated carbocycles. The van der Waals surface area contributed by atoms with Crippen LogP contribution in [0, 0.1) is 6.92 Å². The summed E-state index contributed by atoms with van der Waals surface area (Å²) >= 11 is 6.05. The highest BCUT2D eigenvalue weighted by Crippen LogP contribution is 2.36. The quantitative estimate of drug-likeness (QED) is 0.502. The van der Waals surface area contributed by atoms with E-state index < -0.39 is 28.5 Å². The maximum atomic E-state index is 13.4. The fourth-order valence-electron chi connectivity index (χ4n) is 3.94. The number of para-hydroxylation sites is 1. The number of ether oxygens (including phenoxy) is 1. The zero-order chi connectivity index (χ0) is 24.5. The first-order chi connectivity index (χ1) is 16.2. The third-order valence-corrected chi connectivity index (χ3v) is 7.98. The van der Waals surface area contributed by atoms with Crippen molar-refractivity contribution in [1.82, 2.24) is 0 Å². The van der Waals surface area contributed by atoms with Gasteiger partial charge in [-0.05, 0) is 67.8 Å². The lowest BCUT2D eigenvalue weighted by atomic mass is 10.1. The van der Waals surface area contributed by atoms with Gasteiger partial charge in [-0.25, -0.2) is 13.2 Å². The lowest BCUT2D eigenvalue weighted by molar-refractivity contribution is -0.119. The number of nitrogens with one attached hydrogen (secondary N) is 1. The highest BCUT2D eigenvalue weighted by atomic mass is 35.5. The van der Waals surface area contributed by atoms with Crippen LogP contribution in [0.5, 0.6) is 0 Å². The standard InChI is InChI=1S/C25H23ClN2O5S/c1-16-13-18-7-3-4-12-23(18)28(16)34(31,32)20-9-5-8-19(14-20)25(30)33-15-24(29)27-22-11-6-10-21(26)17(22)2/h3-12,14,16H,13,15H2,1-2H3,(H,27,29)/t16-/m0/s1. The summed E-state index contributed by atoms with van der Waals surface area (Å²) in [5.74, 6) is -1.34. The molecule has 1 aliphatic rings. The van der Waals surface area contributed by atoms with E-state index in [0.717, 1.165) is 5.56 Å². The molecule has 1 atom stereocenters. The van der Waals surface area contributed by atoms with Crippen LogP contribution in [-0.2, 0) is 26.0 Å². The van der Waals surface area contributed by atoms with Crippen LogP contribution >= 0.6 is 11.6 Å². The summed E-state index contributed by atoms with van der Waals surface area (Å²) < 4.78 is 33.3. The molecule has 0 bridgehead atoms. The van der Waals surface area contributed by atoms with Gasteiger partial charge in [0.2, 0.25) is 0 Å². The number of carbonyl (C=O) groups excluding carboxylic acids is 2. The molecule has 0 saturated heterocycles. The molecular formula is C25H23ClN2O5S. The van der Waals surface area contributed by atoms with Crippen molar-refractivity contribution in [3.8, 4) is 0 Å². The summed E-state index contributed by atoms with van der Waals surface area (Å²) in [5.41, 5.74) is 2.83. The number of rotatable bonds is 6. The smallest absolute Gasteiger partial charge is 0.338 e. The number of nitrogens with zero attached hydrogens (tertiary/aromatic N) is 1. The molecule has 0 unspecified atom stereocenters. The lowest BCUT2D eigenvalue weighted by Crippen LogP contribution is -2.35. The van der Waals surface area contributed by atoms with Crippen LogP contribution in [0.15, 0.2) is 71.6 Å². The van der Waals surface area contributed by atoms with Gasteiger partial charge < -0.3 is 10.1 Å². The van der Waals surface area contributed by atoms with Gasteiger partial charge in [0, 0.05) is 16.8 Å². The summed E-state index contributed by atoms with van der Waals surface area (Å²) in [6.45, 7) is 3.07. The molecule has 3 aromatic rings. The third-order valence-electron chi connectivity index (χ3n) is 5.65. The number of halogens is 1. The molecule has 0 aromatic heterocycles. The molecule has 1 heterocycles. The van der Waals surface area contributed by atoms with Gasteiger partial charge in [0.15, 0.2) is 6.61 Å². The monoisotopic (exact) mass is 498 g/mol. The molecule has 9 heteroatoms. The number of sulfonamides is 1. The SMILES string of the molecule is Cc1c(Cl)cccc1NC(=O)COC(=O)c1cccc(S(=O)(=O)N2c3ccccc3C[C@@H]2C)c1. The molecule has 4 rings (SSSR count). The van der Waals surface area contributed by atoms with Gasteiger partial charge in [0.1, 0.15) is 0 Å². The Labute approximate surface area is 203 Å². The fourth-order valence-corrected chi connectivity index (χ4v) is 5.86. The molecule has 3 aromatic carbocycles. The number of carbonyl (C=O) groups is 2. The van der Waals surface area contributed by atoms with E-state index in [1.54, 1.807) is 37.3 Å². The normalized spacial score (nSPS) is 15.0. The second-order valence-electron chi connectivity index (χ2n) is 8.05. The van der Waals surface area contributed by atoms with Crippen molar-refractivity contribution in [3.05, 3.63) is 88.4 Å². The molecule has 7 nitrogen and oxygen atoms in total. The molecule has 0 spiro atoms. The topological polar surface area (TPSA) is 92.8 Å². The van der Waals surface area contributed by atoms with Crippen LogP contribution in [0.4, 0.5) is 11.4 Å². The van der Waals surface area contributed by atoms with Crippen LogP contribution < -0.4 is 9.62 Å². The van der Waals surface area contributed by atoms with Crippen molar-refractivity contribution in [2.24, 2.45) is 0 Å². The van der Waals surface area contributed by atoms with E-state index in [1.165, 1.54) is 28.6 Å². The van der Waals surface area contributed by atoms with Gasteiger partial charge in [-0.1, -0.05) is 41.9 Å². The number of amides is 1. The van der Waals surface area contributed by atoms with E-state index >= 15 is 0 Å². The first-order valence-electron chi connectivity index (χ1n) is 10.6. The second-order valence-corrected chi connectivity index (χ2v) is 10.3. The highest BCUT2D eigenvalue weighted by molar-refractivity contribution is 7.92. The van der Waals surface area contributed by atoms with E-state index in [2.05, 4.69) is 5.32 Å². The molecule has 0 radical (unpaired) electrons. The first-order valence-corrected chi connectivity index (χ1v) is 12.4. The Hall–Kier alpha value is -3.36. The Balaban J connectivity index is 1.47. The zero-order valence-electron chi connectivity index (χ0n) is 18.6. The zero-order valence-corrected chi connectivity index (χ0v) is 20.2. The Bertz CT molecular complexity index is 1370. The predicted octanol–water partition coefficient (Wildman–Crippen LogP) is 4.58. The number of hydrogen-bond acceptors (Lipinski definition) is 5. The maximum absolute atomic E-state index is 13.4. The van der Waals surface area contributed by atoms with Gasteiger partial charge in [-0.3, -0.25) is 9.10 Å². The molecular weight excluding hydrogens is 476 g/mol. The van der Waals surface area contributed by atoms with Crippen molar-refractivity contribution >= 4 is 44.9 Å². The number of esters is 1. The lowest BCUT2D eigenvalue weighted by Gasteiger charge is -2.24. The van der Waals surface area contributed by atoms with Gasteiger partial charge in [0.05, 0.1) is 16.1 Å².